The van der Waals surface area contributed by atoms with E-state index in [4.69, 9.17) is 5.73 Å². The quantitative estimate of drug-likeness (QED) is 0.909. The fraction of sp³-hybridized carbons (Fsp3) is 0.0769. The van der Waals surface area contributed by atoms with Crippen LogP contribution in [0.3, 0.4) is 0 Å². The summed E-state index contributed by atoms with van der Waals surface area (Å²) in [6, 6.07) is 8.81. The highest BCUT2D eigenvalue weighted by atomic mass is 32.2. The van der Waals surface area contributed by atoms with E-state index in [2.05, 4.69) is 4.72 Å². The number of anilines is 1. The molecule has 0 saturated heterocycles. The van der Waals surface area contributed by atoms with Crippen LogP contribution in [0.15, 0.2) is 47.4 Å². The van der Waals surface area contributed by atoms with Gasteiger partial charge in [0, 0.05) is 12.2 Å². The lowest BCUT2D eigenvalue weighted by Crippen LogP contribution is -2.13. The Labute approximate surface area is 115 Å². The Morgan fingerprint density at radius 1 is 1.00 bits per heavy atom. The first-order valence-electron chi connectivity index (χ1n) is 5.69. The summed E-state index contributed by atoms with van der Waals surface area (Å²) < 4.78 is 52.1. The van der Waals surface area contributed by atoms with E-state index in [-0.39, 0.29) is 4.90 Å². The Balaban J connectivity index is 2.27. The Kier molecular flexibility index (Phi) is 4.01. The summed E-state index contributed by atoms with van der Waals surface area (Å²) in [5.74, 6) is -2.32. The molecule has 0 radical (unpaired) electrons. The van der Waals surface area contributed by atoms with E-state index in [9.17, 15) is 17.2 Å². The molecule has 7 heteroatoms. The Morgan fingerprint density at radius 3 is 2.20 bits per heavy atom. The summed E-state index contributed by atoms with van der Waals surface area (Å²) in [5.41, 5.74) is 6.59. The SMILES string of the molecule is NCc1ccc(NS(=O)(=O)c2ccc(F)c(F)c2)cc1. The molecule has 0 unspecified atom stereocenters. The van der Waals surface area contributed by atoms with Gasteiger partial charge in [0.2, 0.25) is 0 Å². The summed E-state index contributed by atoms with van der Waals surface area (Å²) in [5, 5.41) is 0. The van der Waals surface area contributed by atoms with Crippen LogP contribution in [0.4, 0.5) is 14.5 Å². The molecule has 2 aromatic carbocycles. The maximum Gasteiger partial charge on any atom is 0.261 e. The number of halogens is 2. The van der Waals surface area contributed by atoms with Crippen molar-refractivity contribution in [2.45, 2.75) is 11.4 Å². The number of nitrogens with one attached hydrogen (secondary N) is 1. The molecule has 0 bridgehead atoms. The highest BCUT2D eigenvalue weighted by Crippen LogP contribution is 2.18. The number of rotatable bonds is 4. The van der Waals surface area contributed by atoms with Gasteiger partial charge in [0.05, 0.1) is 4.90 Å². The van der Waals surface area contributed by atoms with Crippen LogP contribution in [0.2, 0.25) is 0 Å². The monoisotopic (exact) mass is 298 g/mol. The Hall–Kier alpha value is -1.99. The predicted molar refractivity (Wildman–Crippen MR) is 71.5 cm³/mol. The normalized spacial score (nSPS) is 11.3. The molecule has 3 N–H and O–H groups in total. The highest BCUT2D eigenvalue weighted by molar-refractivity contribution is 7.92. The zero-order valence-electron chi connectivity index (χ0n) is 10.3. The van der Waals surface area contributed by atoms with Crippen molar-refractivity contribution in [3.8, 4) is 0 Å². The molecule has 0 saturated carbocycles. The van der Waals surface area contributed by atoms with Gasteiger partial charge >= 0.3 is 0 Å². The summed E-state index contributed by atoms with van der Waals surface area (Å²) in [7, 11) is -3.96. The first kappa shape index (κ1) is 14.4. The van der Waals surface area contributed by atoms with E-state index in [1.54, 1.807) is 24.3 Å². The van der Waals surface area contributed by atoms with E-state index in [1.807, 2.05) is 0 Å². The molecular formula is C13H12F2N2O2S. The smallest absolute Gasteiger partial charge is 0.261 e. The van der Waals surface area contributed by atoms with Crippen molar-refractivity contribution in [3.63, 3.8) is 0 Å². The molecule has 0 aliphatic heterocycles. The van der Waals surface area contributed by atoms with E-state index in [0.717, 1.165) is 17.7 Å². The first-order chi connectivity index (χ1) is 9.42. The number of sulfonamides is 1. The molecule has 4 nitrogen and oxygen atoms in total. The maximum absolute atomic E-state index is 13.1. The third kappa shape index (κ3) is 3.12. The molecule has 2 rings (SSSR count). The minimum atomic E-state index is -3.96. The number of nitrogens with two attached hydrogens (primary N) is 1. The van der Waals surface area contributed by atoms with Crippen LogP contribution in [0.1, 0.15) is 5.56 Å². The van der Waals surface area contributed by atoms with E-state index in [0.29, 0.717) is 18.3 Å². The molecule has 106 valence electrons. The zero-order valence-corrected chi connectivity index (χ0v) is 11.1. The van der Waals surface area contributed by atoms with Crippen LogP contribution in [0.25, 0.3) is 0 Å². The summed E-state index contributed by atoms with van der Waals surface area (Å²) in [6.45, 7) is 0.343. The number of hydrogen-bond donors (Lipinski definition) is 2. The van der Waals surface area contributed by atoms with Crippen LogP contribution >= 0.6 is 0 Å². The highest BCUT2D eigenvalue weighted by Gasteiger charge is 2.16. The molecule has 2 aromatic rings. The van der Waals surface area contributed by atoms with E-state index in [1.165, 1.54) is 0 Å². The minimum absolute atomic E-state index is 0.312. The van der Waals surface area contributed by atoms with Gasteiger partial charge in [-0.1, -0.05) is 12.1 Å². The topological polar surface area (TPSA) is 72.2 Å². The van der Waals surface area contributed by atoms with Gasteiger partial charge in [-0.05, 0) is 35.9 Å². The largest absolute Gasteiger partial charge is 0.326 e. The van der Waals surface area contributed by atoms with Gasteiger partial charge in [0.1, 0.15) is 0 Å². The number of benzene rings is 2. The maximum atomic E-state index is 13.1. The Morgan fingerprint density at radius 2 is 1.65 bits per heavy atom. The van der Waals surface area contributed by atoms with Crippen LogP contribution in [0, 0.1) is 11.6 Å². The van der Waals surface area contributed by atoms with Crippen molar-refractivity contribution in [1.82, 2.24) is 0 Å². The second-order valence-corrected chi connectivity index (χ2v) is 5.76. The van der Waals surface area contributed by atoms with Gasteiger partial charge in [0.25, 0.3) is 10.0 Å². The van der Waals surface area contributed by atoms with Gasteiger partial charge in [-0.25, -0.2) is 17.2 Å². The molecule has 0 aliphatic rings. The fourth-order valence-corrected chi connectivity index (χ4v) is 2.64. The molecule has 0 spiro atoms. The third-order valence-corrected chi connectivity index (χ3v) is 4.02. The van der Waals surface area contributed by atoms with Crippen molar-refractivity contribution >= 4 is 15.7 Å². The second kappa shape index (κ2) is 5.56. The molecule has 0 aromatic heterocycles. The van der Waals surface area contributed by atoms with Crippen molar-refractivity contribution < 1.29 is 17.2 Å². The zero-order chi connectivity index (χ0) is 14.8. The van der Waals surface area contributed by atoms with Crippen LogP contribution in [-0.2, 0) is 16.6 Å². The summed E-state index contributed by atoms with van der Waals surface area (Å²) >= 11 is 0. The van der Waals surface area contributed by atoms with Gasteiger partial charge in [0.15, 0.2) is 11.6 Å². The minimum Gasteiger partial charge on any atom is -0.326 e. The molecule has 0 amide bonds. The molecule has 0 heterocycles. The van der Waals surface area contributed by atoms with Crippen LogP contribution in [-0.4, -0.2) is 8.42 Å². The molecular weight excluding hydrogens is 286 g/mol. The van der Waals surface area contributed by atoms with E-state index >= 15 is 0 Å². The van der Waals surface area contributed by atoms with Gasteiger partial charge in [-0.2, -0.15) is 0 Å². The summed E-state index contributed by atoms with van der Waals surface area (Å²) in [6.07, 6.45) is 0. The van der Waals surface area contributed by atoms with Gasteiger partial charge < -0.3 is 5.73 Å². The lowest BCUT2D eigenvalue weighted by Gasteiger charge is -2.08. The van der Waals surface area contributed by atoms with Crippen LogP contribution in [0.5, 0.6) is 0 Å². The predicted octanol–water partition coefficient (Wildman–Crippen LogP) is 2.22. The molecule has 20 heavy (non-hydrogen) atoms. The second-order valence-electron chi connectivity index (χ2n) is 4.08. The van der Waals surface area contributed by atoms with Crippen molar-refractivity contribution in [1.29, 1.82) is 0 Å². The molecule has 0 aliphatic carbocycles. The standard InChI is InChI=1S/C13H12F2N2O2S/c14-12-6-5-11(7-13(12)15)20(18,19)17-10-3-1-9(8-16)2-4-10/h1-7,17H,8,16H2. The van der Waals surface area contributed by atoms with Crippen LogP contribution < -0.4 is 10.5 Å². The first-order valence-corrected chi connectivity index (χ1v) is 7.17. The third-order valence-electron chi connectivity index (χ3n) is 2.64. The number of hydrogen-bond acceptors (Lipinski definition) is 3. The van der Waals surface area contributed by atoms with Crippen molar-refractivity contribution in [3.05, 3.63) is 59.7 Å². The lowest BCUT2D eigenvalue weighted by molar-refractivity contribution is 0.504. The molecule has 0 atom stereocenters. The average Bonchev–Trinajstić information content (AvgIpc) is 2.42. The fourth-order valence-electron chi connectivity index (χ4n) is 1.57. The average molecular weight is 298 g/mol. The lowest BCUT2D eigenvalue weighted by atomic mass is 10.2. The Bertz CT molecular complexity index is 716. The van der Waals surface area contributed by atoms with Crippen molar-refractivity contribution in [2.75, 3.05) is 4.72 Å². The van der Waals surface area contributed by atoms with Crippen molar-refractivity contribution in [2.24, 2.45) is 5.73 Å². The summed E-state index contributed by atoms with van der Waals surface area (Å²) in [4.78, 5) is -0.348. The van der Waals surface area contributed by atoms with Gasteiger partial charge in [-0.3, -0.25) is 4.72 Å². The van der Waals surface area contributed by atoms with Gasteiger partial charge in [-0.15, -0.1) is 0 Å². The van der Waals surface area contributed by atoms with E-state index < -0.39 is 21.7 Å². The molecule has 0 fully saturated rings.